The summed E-state index contributed by atoms with van der Waals surface area (Å²) < 4.78 is 1.28. The van der Waals surface area contributed by atoms with Crippen LogP contribution < -0.4 is 16.8 Å². The molecule has 5 nitrogen and oxygen atoms in total. The summed E-state index contributed by atoms with van der Waals surface area (Å²) in [4.78, 5) is 2.62. The van der Waals surface area contributed by atoms with Crippen molar-refractivity contribution in [3.63, 3.8) is 0 Å². The van der Waals surface area contributed by atoms with Crippen LogP contribution >= 0.6 is 0 Å². The number of nitrogen functional groups attached to an aromatic ring is 2. The van der Waals surface area contributed by atoms with Crippen LogP contribution in [-0.4, -0.2) is 61.7 Å². The number of aryl methyl sites for hydroxylation is 3. The van der Waals surface area contributed by atoms with Crippen LogP contribution in [0.2, 0.25) is 0 Å². The molecule has 0 saturated carbocycles. The van der Waals surface area contributed by atoms with Crippen LogP contribution in [0.1, 0.15) is 36.5 Å². The second kappa shape index (κ2) is 12.1. The van der Waals surface area contributed by atoms with E-state index in [1.54, 1.807) is 0 Å². The first-order valence-corrected chi connectivity index (χ1v) is 11.9. The molecule has 0 atom stereocenters. The van der Waals surface area contributed by atoms with Crippen molar-refractivity contribution in [2.24, 2.45) is 0 Å². The van der Waals surface area contributed by atoms with Gasteiger partial charge >= 0.3 is 0 Å². The molecule has 3 rings (SSSR count). The summed E-state index contributed by atoms with van der Waals surface area (Å²) in [7, 11) is 0. The van der Waals surface area contributed by atoms with Gasteiger partial charge in [-0.25, -0.2) is 0 Å². The smallest absolute Gasteiger partial charge is 0.0916 e. The average Bonchev–Trinajstić information content (AvgIpc) is 2.75. The van der Waals surface area contributed by atoms with Crippen molar-refractivity contribution in [3.8, 4) is 0 Å². The molecular weight excluding hydrogens is 394 g/mol. The van der Waals surface area contributed by atoms with Crippen molar-refractivity contribution in [2.75, 3.05) is 69.1 Å². The van der Waals surface area contributed by atoms with Crippen LogP contribution in [0.25, 0.3) is 0 Å². The van der Waals surface area contributed by atoms with Crippen LogP contribution in [0.3, 0.4) is 0 Å². The molecule has 1 heterocycles. The number of hydrogen-bond donors (Lipinski definition) is 3. The molecule has 1 saturated heterocycles. The molecule has 2 aromatic carbocycles. The minimum atomic E-state index is 0. The summed E-state index contributed by atoms with van der Waals surface area (Å²) in [6, 6.07) is 12.7. The second-order valence-corrected chi connectivity index (χ2v) is 9.37. The lowest BCUT2D eigenvalue weighted by atomic mass is 10.0. The third-order valence-corrected chi connectivity index (χ3v) is 6.94. The van der Waals surface area contributed by atoms with E-state index < -0.39 is 0 Å². The number of quaternary nitrogens is 1. The molecule has 2 aromatic rings. The number of benzene rings is 2. The van der Waals surface area contributed by atoms with E-state index in [0.29, 0.717) is 0 Å². The number of nitrogens with one attached hydrogen (secondary N) is 1. The molecule has 32 heavy (non-hydrogen) atoms. The zero-order valence-corrected chi connectivity index (χ0v) is 20.8. The zero-order valence-electron chi connectivity index (χ0n) is 20.8. The molecule has 1 fully saturated rings. The highest BCUT2D eigenvalue weighted by Gasteiger charge is 2.31. The van der Waals surface area contributed by atoms with Gasteiger partial charge in [-0.15, -0.1) is 0 Å². The van der Waals surface area contributed by atoms with Gasteiger partial charge in [0.05, 0.1) is 26.2 Å². The van der Waals surface area contributed by atoms with Gasteiger partial charge in [-0.3, -0.25) is 4.90 Å². The average molecular weight is 440 g/mol. The normalized spacial score (nSPS) is 15.8. The maximum atomic E-state index is 5.97. The molecule has 0 aromatic heterocycles. The Morgan fingerprint density at radius 3 is 2.22 bits per heavy atom. The van der Waals surface area contributed by atoms with Crippen LogP contribution in [-0.2, 0) is 6.42 Å². The molecule has 0 amide bonds. The van der Waals surface area contributed by atoms with E-state index in [1.807, 2.05) is 6.07 Å². The van der Waals surface area contributed by atoms with E-state index in [4.69, 9.17) is 11.5 Å². The largest absolute Gasteiger partial charge is 0.399 e. The van der Waals surface area contributed by atoms with Crippen molar-refractivity contribution < 1.29 is 4.48 Å². The van der Waals surface area contributed by atoms with E-state index in [2.05, 4.69) is 61.3 Å². The van der Waals surface area contributed by atoms with Crippen molar-refractivity contribution in [2.45, 2.75) is 40.0 Å². The third-order valence-electron chi connectivity index (χ3n) is 6.94. The number of piperazine rings is 1. The summed E-state index contributed by atoms with van der Waals surface area (Å²) in [6.07, 6.45) is 3.67. The molecule has 0 bridgehead atoms. The van der Waals surface area contributed by atoms with Crippen molar-refractivity contribution in [3.05, 3.63) is 60.5 Å². The fraction of sp³-hybridized carbons (Fsp3) is 0.519. The monoisotopic (exact) mass is 439 g/mol. The van der Waals surface area contributed by atoms with Crippen LogP contribution in [0.4, 0.5) is 17.1 Å². The third kappa shape index (κ3) is 7.14. The molecular formula is C27H45N5. The minimum Gasteiger partial charge on any atom is -0.399 e. The lowest BCUT2D eigenvalue weighted by molar-refractivity contribution is -0.932. The van der Waals surface area contributed by atoms with E-state index in [0.717, 1.165) is 42.1 Å². The van der Waals surface area contributed by atoms with Crippen molar-refractivity contribution >= 4 is 17.1 Å². The fourth-order valence-electron chi connectivity index (χ4n) is 4.84. The number of hydrogen-bond acceptors (Lipinski definition) is 4. The maximum Gasteiger partial charge on any atom is 0.0916 e. The molecule has 5 N–H and O–H groups in total. The number of nitrogens with zero attached hydrogens (tertiary/aromatic N) is 2. The van der Waals surface area contributed by atoms with Crippen LogP contribution in [0.15, 0.2) is 36.4 Å². The van der Waals surface area contributed by atoms with Gasteiger partial charge in [-0.1, -0.05) is 19.1 Å². The molecule has 0 spiro atoms. The highest BCUT2D eigenvalue weighted by molar-refractivity contribution is 5.56. The van der Waals surface area contributed by atoms with Gasteiger partial charge in [0.1, 0.15) is 0 Å². The van der Waals surface area contributed by atoms with Crippen LogP contribution in [0, 0.1) is 21.3 Å². The highest BCUT2D eigenvalue weighted by Crippen LogP contribution is 2.19. The molecule has 0 radical (unpaired) electrons. The SMILES string of the molecule is CCC[N+]1(CCCc2ccc(N)c(C)c2)CCN(CCNc2ccc(N)c(C)c2)CC1.[CH3-]. The lowest BCUT2D eigenvalue weighted by Crippen LogP contribution is -2.60. The summed E-state index contributed by atoms with van der Waals surface area (Å²) >= 11 is 0. The standard InChI is InChI=1S/C26H42N5.CH3/c1-4-15-31(16-5-6-23-7-9-25(27)21(2)19-23)17-13-30(14-18-31)12-11-29-24-8-10-26(28)22(3)20-24;/h7-10,19-20,29H,4-6,11-18,27-28H2,1-3H3;1H3/q+1;-1. The maximum absolute atomic E-state index is 5.97. The second-order valence-electron chi connectivity index (χ2n) is 9.37. The lowest BCUT2D eigenvalue weighted by Gasteiger charge is -2.45. The Kier molecular flexibility index (Phi) is 9.85. The van der Waals surface area contributed by atoms with Gasteiger partial charge in [0, 0.05) is 49.7 Å². The van der Waals surface area contributed by atoms with Gasteiger partial charge in [-0.05, 0) is 67.6 Å². The first-order chi connectivity index (χ1) is 14.9. The Morgan fingerprint density at radius 1 is 0.938 bits per heavy atom. The molecule has 1 aliphatic rings. The summed E-state index contributed by atoms with van der Waals surface area (Å²) in [5.74, 6) is 0. The summed E-state index contributed by atoms with van der Waals surface area (Å²) in [5, 5.41) is 3.56. The van der Waals surface area contributed by atoms with Gasteiger partial charge in [0.2, 0.25) is 0 Å². The molecule has 0 aliphatic carbocycles. The number of rotatable bonds is 10. The first-order valence-electron chi connectivity index (χ1n) is 11.9. The Balaban J connectivity index is 0.00000363. The van der Waals surface area contributed by atoms with Gasteiger partial charge in [0.15, 0.2) is 0 Å². The van der Waals surface area contributed by atoms with Gasteiger partial charge in [0.25, 0.3) is 0 Å². The number of anilines is 3. The number of nitrogens with two attached hydrogens (primary N) is 2. The van der Waals surface area contributed by atoms with E-state index in [-0.39, 0.29) is 7.43 Å². The minimum absolute atomic E-state index is 0. The quantitative estimate of drug-likeness (QED) is 0.290. The Labute approximate surface area is 196 Å². The van der Waals surface area contributed by atoms with Gasteiger partial charge < -0.3 is 28.7 Å². The zero-order chi connectivity index (χ0) is 22.3. The Morgan fingerprint density at radius 2 is 1.59 bits per heavy atom. The van der Waals surface area contributed by atoms with E-state index >= 15 is 0 Å². The fourth-order valence-corrected chi connectivity index (χ4v) is 4.84. The van der Waals surface area contributed by atoms with Crippen LogP contribution in [0.5, 0.6) is 0 Å². The Bertz CT molecular complexity index is 840. The summed E-state index contributed by atoms with van der Waals surface area (Å²) in [5.41, 5.74) is 18.6. The molecule has 0 unspecified atom stereocenters. The Hall–Kier alpha value is -2.24. The molecule has 178 valence electrons. The van der Waals surface area contributed by atoms with Crippen molar-refractivity contribution in [1.29, 1.82) is 0 Å². The summed E-state index contributed by atoms with van der Waals surface area (Å²) in [6.45, 7) is 16.1. The topological polar surface area (TPSA) is 67.3 Å². The van der Waals surface area contributed by atoms with E-state index in [1.165, 1.54) is 67.7 Å². The van der Waals surface area contributed by atoms with Crippen molar-refractivity contribution in [1.82, 2.24) is 4.90 Å². The molecule has 5 heteroatoms. The predicted molar refractivity (Wildman–Crippen MR) is 141 cm³/mol. The predicted octanol–water partition coefficient (Wildman–Crippen LogP) is 4.51. The first kappa shape index (κ1) is 26.0. The van der Waals surface area contributed by atoms with Gasteiger partial charge in [-0.2, -0.15) is 0 Å². The molecule has 1 aliphatic heterocycles. The highest BCUT2D eigenvalue weighted by atomic mass is 15.4. The van der Waals surface area contributed by atoms with E-state index in [9.17, 15) is 0 Å².